The summed E-state index contributed by atoms with van der Waals surface area (Å²) in [5, 5.41) is 4.66. The Balaban J connectivity index is 2.13. The average Bonchev–Trinajstić information content (AvgIpc) is 2.40. The second kappa shape index (κ2) is 6.51. The minimum atomic E-state index is 0.659. The van der Waals surface area contributed by atoms with Gasteiger partial charge < -0.3 is 10.1 Å². The Kier molecular flexibility index (Phi) is 4.97. The SMILES string of the molecule is COc1ccc(Cl)cc1NCc1ccc(Cl)c(Br)c1. The summed E-state index contributed by atoms with van der Waals surface area (Å²) in [6, 6.07) is 11.3. The second-order valence-corrected chi connectivity index (χ2v) is 5.64. The number of halogens is 3. The first kappa shape index (κ1) is 14.5. The number of methoxy groups -OCH3 is 1. The number of nitrogens with one attached hydrogen (secondary N) is 1. The van der Waals surface area contributed by atoms with Crippen LogP contribution in [0.5, 0.6) is 5.75 Å². The van der Waals surface area contributed by atoms with Crippen molar-refractivity contribution in [3.05, 3.63) is 56.5 Å². The molecule has 0 unspecified atom stereocenters. The van der Waals surface area contributed by atoms with E-state index in [0.29, 0.717) is 16.6 Å². The summed E-state index contributed by atoms with van der Waals surface area (Å²) in [6.07, 6.45) is 0. The number of rotatable bonds is 4. The van der Waals surface area contributed by atoms with Crippen molar-refractivity contribution in [1.82, 2.24) is 0 Å². The third-order valence-corrected chi connectivity index (χ3v) is 4.08. The highest BCUT2D eigenvalue weighted by Crippen LogP contribution is 2.29. The van der Waals surface area contributed by atoms with E-state index >= 15 is 0 Å². The van der Waals surface area contributed by atoms with Gasteiger partial charge in [-0.1, -0.05) is 29.3 Å². The van der Waals surface area contributed by atoms with Gasteiger partial charge in [0.15, 0.2) is 0 Å². The van der Waals surface area contributed by atoms with Gasteiger partial charge in [-0.15, -0.1) is 0 Å². The summed E-state index contributed by atoms with van der Waals surface area (Å²) in [5.41, 5.74) is 1.97. The van der Waals surface area contributed by atoms with Gasteiger partial charge in [0.05, 0.1) is 17.8 Å². The van der Waals surface area contributed by atoms with Crippen molar-refractivity contribution < 1.29 is 4.74 Å². The molecule has 2 aromatic rings. The Hall–Kier alpha value is -0.900. The first-order chi connectivity index (χ1) is 9.10. The molecular formula is C14H12BrCl2NO. The molecule has 1 N–H and O–H groups in total. The van der Waals surface area contributed by atoms with Gasteiger partial charge in [-0.25, -0.2) is 0 Å². The van der Waals surface area contributed by atoms with Crippen molar-refractivity contribution in [1.29, 1.82) is 0 Å². The van der Waals surface area contributed by atoms with Gasteiger partial charge >= 0.3 is 0 Å². The fraction of sp³-hybridized carbons (Fsp3) is 0.143. The molecular weight excluding hydrogens is 349 g/mol. The molecule has 19 heavy (non-hydrogen) atoms. The molecule has 0 atom stereocenters. The zero-order valence-corrected chi connectivity index (χ0v) is 13.3. The fourth-order valence-electron chi connectivity index (χ4n) is 1.67. The van der Waals surface area contributed by atoms with Gasteiger partial charge in [0.2, 0.25) is 0 Å². The summed E-state index contributed by atoms with van der Waals surface area (Å²) < 4.78 is 6.16. The predicted octanol–water partition coefficient (Wildman–Crippen LogP) is 5.38. The summed E-state index contributed by atoms with van der Waals surface area (Å²) >= 11 is 15.3. The van der Waals surface area contributed by atoms with Crippen molar-refractivity contribution >= 4 is 44.8 Å². The van der Waals surface area contributed by atoms with Crippen LogP contribution in [0, 0.1) is 0 Å². The molecule has 0 aliphatic rings. The van der Waals surface area contributed by atoms with Crippen LogP contribution in [0.25, 0.3) is 0 Å². The topological polar surface area (TPSA) is 21.3 Å². The van der Waals surface area contributed by atoms with Crippen molar-refractivity contribution in [2.45, 2.75) is 6.54 Å². The molecule has 0 heterocycles. The Morgan fingerprint density at radius 1 is 1.16 bits per heavy atom. The molecule has 0 bridgehead atoms. The lowest BCUT2D eigenvalue weighted by molar-refractivity contribution is 0.416. The van der Waals surface area contributed by atoms with Gasteiger partial charge in [0.25, 0.3) is 0 Å². The minimum absolute atomic E-state index is 0.659. The zero-order valence-electron chi connectivity index (χ0n) is 10.2. The van der Waals surface area contributed by atoms with E-state index in [0.717, 1.165) is 21.5 Å². The summed E-state index contributed by atoms with van der Waals surface area (Å²) in [7, 11) is 1.63. The van der Waals surface area contributed by atoms with E-state index in [2.05, 4.69) is 21.2 Å². The number of benzene rings is 2. The molecule has 0 amide bonds. The molecule has 5 heteroatoms. The Morgan fingerprint density at radius 2 is 1.95 bits per heavy atom. The van der Waals surface area contributed by atoms with Crippen LogP contribution in [0.1, 0.15) is 5.56 Å². The van der Waals surface area contributed by atoms with Crippen LogP contribution >= 0.6 is 39.1 Å². The quantitative estimate of drug-likeness (QED) is 0.790. The van der Waals surface area contributed by atoms with E-state index in [1.54, 1.807) is 13.2 Å². The highest BCUT2D eigenvalue weighted by molar-refractivity contribution is 9.10. The lowest BCUT2D eigenvalue weighted by Gasteiger charge is -2.12. The molecule has 2 nitrogen and oxygen atoms in total. The van der Waals surface area contributed by atoms with Crippen molar-refractivity contribution in [2.75, 3.05) is 12.4 Å². The van der Waals surface area contributed by atoms with Gasteiger partial charge in [-0.05, 0) is 51.8 Å². The van der Waals surface area contributed by atoms with Crippen LogP contribution in [0.3, 0.4) is 0 Å². The first-order valence-electron chi connectivity index (χ1n) is 5.61. The van der Waals surface area contributed by atoms with Crippen LogP contribution in [0.15, 0.2) is 40.9 Å². The van der Waals surface area contributed by atoms with E-state index in [9.17, 15) is 0 Å². The van der Waals surface area contributed by atoms with E-state index in [1.165, 1.54) is 0 Å². The summed E-state index contributed by atoms with van der Waals surface area (Å²) in [6.45, 7) is 0.659. The number of ether oxygens (including phenoxy) is 1. The monoisotopic (exact) mass is 359 g/mol. The smallest absolute Gasteiger partial charge is 0.142 e. The van der Waals surface area contributed by atoms with Crippen LogP contribution in [0.4, 0.5) is 5.69 Å². The molecule has 0 fully saturated rings. The van der Waals surface area contributed by atoms with Crippen molar-refractivity contribution in [2.24, 2.45) is 0 Å². The summed E-state index contributed by atoms with van der Waals surface area (Å²) in [5.74, 6) is 0.762. The normalized spacial score (nSPS) is 10.3. The first-order valence-corrected chi connectivity index (χ1v) is 7.16. The molecule has 0 aliphatic heterocycles. The van der Waals surface area contributed by atoms with Crippen LogP contribution in [-0.2, 0) is 6.54 Å². The zero-order chi connectivity index (χ0) is 13.8. The van der Waals surface area contributed by atoms with Crippen molar-refractivity contribution in [3.63, 3.8) is 0 Å². The van der Waals surface area contributed by atoms with E-state index in [1.807, 2.05) is 30.3 Å². The third-order valence-electron chi connectivity index (χ3n) is 2.63. The number of hydrogen-bond donors (Lipinski definition) is 1. The van der Waals surface area contributed by atoms with E-state index in [-0.39, 0.29) is 0 Å². The van der Waals surface area contributed by atoms with E-state index in [4.69, 9.17) is 27.9 Å². The number of hydrogen-bond acceptors (Lipinski definition) is 2. The molecule has 0 aliphatic carbocycles. The standard InChI is InChI=1S/C14H12BrCl2NO/c1-19-14-5-3-10(16)7-13(14)18-8-9-2-4-12(17)11(15)6-9/h2-7,18H,8H2,1H3. The Morgan fingerprint density at radius 3 is 2.63 bits per heavy atom. The van der Waals surface area contributed by atoms with Crippen LogP contribution < -0.4 is 10.1 Å². The maximum absolute atomic E-state index is 5.98. The predicted molar refractivity (Wildman–Crippen MR) is 84.5 cm³/mol. The molecule has 0 saturated carbocycles. The molecule has 0 spiro atoms. The Labute approximate surface area is 130 Å². The third kappa shape index (κ3) is 3.78. The van der Waals surface area contributed by atoms with E-state index < -0.39 is 0 Å². The molecule has 0 aromatic heterocycles. The molecule has 0 saturated heterocycles. The average molecular weight is 361 g/mol. The second-order valence-electron chi connectivity index (χ2n) is 3.95. The molecule has 2 aromatic carbocycles. The number of anilines is 1. The summed E-state index contributed by atoms with van der Waals surface area (Å²) in [4.78, 5) is 0. The van der Waals surface area contributed by atoms with Gasteiger partial charge in [-0.3, -0.25) is 0 Å². The fourth-order valence-corrected chi connectivity index (χ4v) is 2.38. The lowest BCUT2D eigenvalue weighted by Crippen LogP contribution is -2.01. The van der Waals surface area contributed by atoms with Crippen LogP contribution in [0.2, 0.25) is 10.0 Å². The van der Waals surface area contributed by atoms with Gasteiger partial charge in [-0.2, -0.15) is 0 Å². The highest BCUT2D eigenvalue weighted by Gasteiger charge is 2.04. The molecule has 100 valence electrons. The van der Waals surface area contributed by atoms with Gasteiger partial charge in [0, 0.05) is 16.0 Å². The van der Waals surface area contributed by atoms with Crippen molar-refractivity contribution in [3.8, 4) is 5.75 Å². The maximum Gasteiger partial charge on any atom is 0.142 e. The Bertz CT molecular complexity index is 590. The minimum Gasteiger partial charge on any atom is -0.495 e. The van der Waals surface area contributed by atoms with Gasteiger partial charge in [0.1, 0.15) is 5.75 Å². The maximum atomic E-state index is 5.98. The highest BCUT2D eigenvalue weighted by atomic mass is 79.9. The lowest BCUT2D eigenvalue weighted by atomic mass is 10.2. The van der Waals surface area contributed by atoms with Crippen LogP contribution in [-0.4, -0.2) is 7.11 Å². The molecule has 2 rings (SSSR count). The largest absolute Gasteiger partial charge is 0.495 e. The molecule has 0 radical (unpaired) electrons.